The van der Waals surface area contributed by atoms with E-state index in [4.69, 9.17) is 16.3 Å². The molecule has 0 N–H and O–H groups in total. The van der Waals surface area contributed by atoms with E-state index in [1.165, 1.54) is 25.1 Å². The van der Waals surface area contributed by atoms with Crippen molar-refractivity contribution in [3.63, 3.8) is 0 Å². The summed E-state index contributed by atoms with van der Waals surface area (Å²) in [7, 11) is -4.19. The molecule has 0 bridgehead atoms. The van der Waals surface area contributed by atoms with Gasteiger partial charge in [-0.05, 0) is 49.6 Å². The fourth-order valence-corrected chi connectivity index (χ4v) is 5.78. The molecule has 34 heavy (non-hydrogen) atoms. The number of carbonyl (C=O) groups excluding carboxylic acids is 1. The number of aromatic carboxylic acids is 1. The second kappa shape index (κ2) is 11.8. The molecule has 3 aromatic rings. The first-order valence-corrected chi connectivity index (χ1v) is 12.5. The van der Waals surface area contributed by atoms with Gasteiger partial charge in [-0.2, -0.15) is 8.42 Å². The molecule has 0 saturated carbocycles. The summed E-state index contributed by atoms with van der Waals surface area (Å²) in [6, 6.07) is 8.88. The number of carbonyl (C=O) groups is 1. The summed E-state index contributed by atoms with van der Waals surface area (Å²) >= 11 is 7.23. The Bertz CT molecular complexity index is 1270. The van der Waals surface area contributed by atoms with Crippen LogP contribution < -0.4 is 43.7 Å². The van der Waals surface area contributed by atoms with Crippen LogP contribution in [-0.4, -0.2) is 32.1 Å². The van der Waals surface area contributed by atoms with Gasteiger partial charge in [0.1, 0.15) is 18.5 Å². The molecule has 0 spiro atoms. The van der Waals surface area contributed by atoms with Gasteiger partial charge in [-0.3, -0.25) is 4.31 Å². The predicted octanol–water partition coefficient (Wildman–Crippen LogP) is 0.913. The average Bonchev–Trinajstić information content (AvgIpc) is 3.20. The van der Waals surface area contributed by atoms with Gasteiger partial charge in [0.25, 0.3) is 10.0 Å². The third-order valence-corrected chi connectivity index (χ3v) is 8.16. The quantitative estimate of drug-likeness (QED) is 0.378. The maximum Gasteiger partial charge on any atom is 1.00 e. The van der Waals surface area contributed by atoms with E-state index < -0.39 is 28.7 Å². The monoisotopic (exact) mass is 534 g/mol. The molecule has 12 heteroatoms. The number of anilines is 1. The maximum absolute atomic E-state index is 14.1. The Morgan fingerprint density at radius 1 is 1.26 bits per heavy atom. The van der Waals surface area contributed by atoms with Gasteiger partial charge in [0.2, 0.25) is 4.34 Å². The fraction of sp³-hybridized carbons (Fsp3) is 0.273. The van der Waals surface area contributed by atoms with Crippen LogP contribution in [0.2, 0.25) is 5.02 Å². The van der Waals surface area contributed by atoms with E-state index in [-0.39, 0.29) is 62.5 Å². The van der Waals surface area contributed by atoms with E-state index in [1.807, 2.05) is 0 Å². The largest absolute Gasteiger partial charge is 1.00 e. The number of carboxylic acid groups (broad SMARTS) is 1. The van der Waals surface area contributed by atoms with Crippen molar-refractivity contribution in [1.82, 2.24) is 4.98 Å². The van der Waals surface area contributed by atoms with Crippen LogP contribution in [0.15, 0.2) is 46.1 Å². The third-order valence-electron chi connectivity index (χ3n) is 4.62. The van der Waals surface area contributed by atoms with E-state index in [1.54, 1.807) is 37.4 Å². The molecule has 3 rings (SSSR count). The van der Waals surface area contributed by atoms with E-state index in [9.17, 15) is 22.7 Å². The van der Waals surface area contributed by atoms with E-state index >= 15 is 0 Å². The number of hydrogen-bond acceptors (Lipinski definition) is 7. The van der Waals surface area contributed by atoms with Crippen LogP contribution in [0.4, 0.5) is 10.1 Å². The topological polar surface area (TPSA) is 99.6 Å². The van der Waals surface area contributed by atoms with Crippen LogP contribution in [0.25, 0.3) is 0 Å². The summed E-state index contributed by atoms with van der Waals surface area (Å²) in [4.78, 5) is 15.0. The Hall–Kier alpha value is -1.69. The SMILES string of the molecule is Cc1csc(S(=O)(=O)N(CC(C)F)c2cc(Cl)c(C)cc2OCc2ccc(C(=O)[O-])cc2)n1.[Na+]. The van der Waals surface area contributed by atoms with Crippen molar-refractivity contribution in [3.8, 4) is 5.75 Å². The molecule has 0 aliphatic carbocycles. The zero-order chi connectivity index (χ0) is 24.3. The van der Waals surface area contributed by atoms with E-state index in [2.05, 4.69) is 4.98 Å². The number of nitrogens with zero attached hydrogens (tertiary/aromatic N) is 2. The molecule has 1 aromatic heterocycles. The van der Waals surface area contributed by atoms with Crippen LogP contribution in [0.3, 0.4) is 0 Å². The average molecular weight is 535 g/mol. The number of benzene rings is 2. The number of sulfonamides is 1. The van der Waals surface area contributed by atoms with Crippen molar-refractivity contribution < 1.29 is 57.0 Å². The molecular weight excluding hydrogens is 514 g/mol. The van der Waals surface area contributed by atoms with Gasteiger partial charge in [-0.1, -0.05) is 35.9 Å². The minimum atomic E-state index is -4.19. The second-order valence-electron chi connectivity index (χ2n) is 7.41. The van der Waals surface area contributed by atoms with Crippen LogP contribution in [-0.2, 0) is 16.6 Å². The van der Waals surface area contributed by atoms with Crippen molar-refractivity contribution in [1.29, 1.82) is 0 Å². The van der Waals surface area contributed by atoms with Crippen molar-refractivity contribution in [3.05, 3.63) is 69.2 Å². The predicted molar refractivity (Wildman–Crippen MR) is 123 cm³/mol. The van der Waals surface area contributed by atoms with Crippen molar-refractivity contribution in [2.75, 3.05) is 10.8 Å². The minimum Gasteiger partial charge on any atom is -0.545 e. The smallest absolute Gasteiger partial charge is 0.545 e. The summed E-state index contributed by atoms with van der Waals surface area (Å²) in [5.41, 5.74) is 1.91. The molecule has 1 unspecified atom stereocenters. The van der Waals surface area contributed by atoms with Crippen LogP contribution in [0, 0.1) is 13.8 Å². The zero-order valence-corrected chi connectivity index (χ0v) is 23.4. The van der Waals surface area contributed by atoms with Gasteiger partial charge in [-0.25, -0.2) is 9.37 Å². The first-order valence-electron chi connectivity index (χ1n) is 9.81. The number of carboxylic acids is 1. The van der Waals surface area contributed by atoms with Gasteiger partial charge < -0.3 is 14.6 Å². The maximum atomic E-state index is 14.1. The molecule has 176 valence electrons. The normalized spacial score (nSPS) is 12.0. The number of hydrogen-bond donors (Lipinski definition) is 0. The number of alkyl halides is 1. The summed E-state index contributed by atoms with van der Waals surface area (Å²) < 4.78 is 47.4. The molecule has 0 aliphatic rings. The summed E-state index contributed by atoms with van der Waals surface area (Å²) in [6.45, 7) is 4.20. The summed E-state index contributed by atoms with van der Waals surface area (Å²) in [6.07, 6.45) is -1.48. The van der Waals surface area contributed by atoms with Gasteiger partial charge in [0.05, 0.1) is 18.2 Å². The Balaban J connectivity index is 0.00000408. The first-order chi connectivity index (χ1) is 15.5. The second-order valence-corrected chi connectivity index (χ2v) is 10.7. The van der Waals surface area contributed by atoms with Gasteiger partial charge in [-0.15, -0.1) is 11.3 Å². The number of halogens is 2. The number of aryl methyl sites for hydroxylation is 2. The van der Waals surface area contributed by atoms with E-state index in [0.29, 0.717) is 16.8 Å². The number of thiazole rings is 1. The molecule has 0 saturated heterocycles. The minimum absolute atomic E-state index is 0. The van der Waals surface area contributed by atoms with Crippen LogP contribution >= 0.6 is 22.9 Å². The zero-order valence-electron chi connectivity index (χ0n) is 19.0. The summed E-state index contributed by atoms with van der Waals surface area (Å²) in [5.74, 6) is -1.12. The van der Waals surface area contributed by atoms with Gasteiger partial charge >= 0.3 is 29.6 Å². The molecule has 0 fully saturated rings. The Labute approximate surface area is 228 Å². The number of ether oxygens (including phenoxy) is 1. The summed E-state index contributed by atoms with van der Waals surface area (Å²) in [5, 5.41) is 12.8. The van der Waals surface area contributed by atoms with Crippen LogP contribution in [0.1, 0.15) is 34.1 Å². The Morgan fingerprint density at radius 2 is 1.91 bits per heavy atom. The molecule has 0 radical (unpaired) electrons. The third kappa shape index (κ3) is 6.71. The van der Waals surface area contributed by atoms with Gasteiger partial charge in [0.15, 0.2) is 0 Å². The molecular formula is C22H21ClFN2NaO5S2. The molecule has 1 atom stereocenters. The molecule has 2 aromatic carbocycles. The number of aromatic nitrogens is 1. The molecule has 0 amide bonds. The van der Waals surface area contributed by atoms with Crippen LogP contribution in [0.5, 0.6) is 5.75 Å². The Kier molecular flexibility index (Phi) is 9.93. The first kappa shape index (κ1) is 28.5. The molecule has 0 aliphatic heterocycles. The standard InChI is InChI=1S/C22H22ClFN2O5S2.Na/c1-13-8-20(31-11-16-4-6-17(7-5-16)21(27)28)19(9-18(13)23)26(10-14(2)24)33(29,30)22-25-15(3)12-32-22;/h4-9,12,14H,10-11H2,1-3H3,(H,27,28);/q;+1/p-1. The van der Waals surface area contributed by atoms with Crippen molar-refractivity contribution >= 4 is 44.6 Å². The van der Waals surface area contributed by atoms with E-state index in [0.717, 1.165) is 15.6 Å². The molecule has 1 heterocycles. The molecule has 7 nitrogen and oxygen atoms in total. The number of rotatable bonds is 9. The van der Waals surface area contributed by atoms with Crippen molar-refractivity contribution in [2.24, 2.45) is 0 Å². The van der Waals surface area contributed by atoms with Crippen molar-refractivity contribution in [2.45, 2.75) is 37.9 Å². The van der Waals surface area contributed by atoms with Gasteiger partial charge in [0, 0.05) is 16.1 Å². The fourth-order valence-electron chi connectivity index (χ4n) is 2.95. The Morgan fingerprint density at radius 3 is 2.44 bits per heavy atom.